The molecule has 0 saturated heterocycles. The monoisotopic (exact) mass is 197 g/mol. The Morgan fingerprint density at radius 1 is 1.23 bits per heavy atom. The highest BCUT2D eigenvalue weighted by atomic mass is 32.2. The van der Waals surface area contributed by atoms with E-state index < -0.39 is 9.84 Å². The van der Waals surface area contributed by atoms with Gasteiger partial charge in [0.1, 0.15) is 0 Å². The first-order valence-electron chi connectivity index (χ1n) is 3.71. The topological polar surface area (TPSA) is 60.2 Å². The summed E-state index contributed by atoms with van der Waals surface area (Å²) in [7, 11) is -3.04. The second-order valence-electron chi connectivity index (χ2n) is 2.80. The maximum atomic E-state index is 10.8. The molecule has 70 valence electrons. The van der Waals surface area contributed by atoms with Gasteiger partial charge in [-0.25, -0.2) is 8.42 Å². The van der Waals surface area contributed by atoms with Crippen LogP contribution in [0.25, 0.3) is 6.08 Å². The first kappa shape index (κ1) is 9.80. The molecule has 1 aromatic rings. The van der Waals surface area contributed by atoms with Crippen LogP contribution in [0.3, 0.4) is 0 Å². The van der Waals surface area contributed by atoms with Gasteiger partial charge in [-0.05, 0) is 23.8 Å². The van der Waals surface area contributed by atoms with Gasteiger partial charge in [0.25, 0.3) is 0 Å². The van der Waals surface area contributed by atoms with Gasteiger partial charge >= 0.3 is 0 Å². The van der Waals surface area contributed by atoms with Crippen molar-refractivity contribution in [3.05, 3.63) is 35.2 Å². The Balaban J connectivity index is 2.88. The summed E-state index contributed by atoms with van der Waals surface area (Å²) in [6, 6.07) is 6.97. The number of nitrogens with two attached hydrogens (primary N) is 1. The fourth-order valence-electron chi connectivity index (χ4n) is 0.809. The highest BCUT2D eigenvalue weighted by molar-refractivity contribution is 7.93. The summed E-state index contributed by atoms with van der Waals surface area (Å²) in [4.78, 5) is 0. The van der Waals surface area contributed by atoms with E-state index in [9.17, 15) is 8.42 Å². The Morgan fingerprint density at radius 3 is 2.23 bits per heavy atom. The molecule has 0 atom stereocenters. The zero-order valence-corrected chi connectivity index (χ0v) is 8.08. The first-order chi connectivity index (χ1) is 5.97. The van der Waals surface area contributed by atoms with Gasteiger partial charge < -0.3 is 5.73 Å². The van der Waals surface area contributed by atoms with E-state index in [1.165, 1.54) is 11.5 Å². The lowest BCUT2D eigenvalue weighted by Crippen LogP contribution is -1.88. The molecule has 0 heterocycles. The summed E-state index contributed by atoms with van der Waals surface area (Å²) in [5, 5.41) is 1.17. The molecular formula is C9H11NO2S. The molecule has 4 heteroatoms. The van der Waals surface area contributed by atoms with E-state index >= 15 is 0 Å². The van der Waals surface area contributed by atoms with Crippen LogP contribution in [0.15, 0.2) is 29.7 Å². The lowest BCUT2D eigenvalue weighted by Gasteiger charge is -1.93. The molecule has 13 heavy (non-hydrogen) atoms. The number of benzene rings is 1. The molecule has 0 amide bonds. The van der Waals surface area contributed by atoms with Crippen molar-refractivity contribution in [3.8, 4) is 0 Å². The third-order valence-electron chi connectivity index (χ3n) is 1.44. The lowest BCUT2D eigenvalue weighted by atomic mass is 10.2. The van der Waals surface area contributed by atoms with Gasteiger partial charge in [-0.15, -0.1) is 0 Å². The fourth-order valence-corrected chi connectivity index (χ4v) is 1.21. The Labute approximate surface area is 77.8 Å². The molecule has 0 spiro atoms. The summed E-state index contributed by atoms with van der Waals surface area (Å²) < 4.78 is 21.5. The van der Waals surface area contributed by atoms with Crippen LogP contribution >= 0.6 is 0 Å². The van der Waals surface area contributed by atoms with Crippen LogP contribution in [0.4, 0.5) is 5.69 Å². The predicted molar refractivity (Wildman–Crippen MR) is 54.7 cm³/mol. The molecule has 0 unspecified atom stereocenters. The minimum Gasteiger partial charge on any atom is -0.399 e. The van der Waals surface area contributed by atoms with Crippen LogP contribution < -0.4 is 5.73 Å². The molecule has 0 bridgehead atoms. The Hall–Kier alpha value is -1.29. The van der Waals surface area contributed by atoms with Crippen molar-refractivity contribution in [2.45, 2.75) is 0 Å². The summed E-state index contributed by atoms with van der Waals surface area (Å²) in [6.45, 7) is 0. The number of anilines is 1. The van der Waals surface area contributed by atoms with Gasteiger partial charge in [0.15, 0.2) is 9.84 Å². The van der Waals surface area contributed by atoms with Crippen LogP contribution in [0, 0.1) is 0 Å². The number of nitrogen functional groups attached to an aromatic ring is 1. The Morgan fingerprint density at radius 2 is 1.77 bits per heavy atom. The number of rotatable bonds is 2. The van der Waals surface area contributed by atoms with Gasteiger partial charge in [0.05, 0.1) is 0 Å². The van der Waals surface area contributed by atoms with E-state index in [-0.39, 0.29) is 0 Å². The minimum atomic E-state index is -3.04. The van der Waals surface area contributed by atoms with Gasteiger partial charge in [0, 0.05) is 17.4 Å². The quantitative estimate of drug-likeness (QED) is 0.726. The number of sulfone groups is 1. The maximum absolute atomic E-state index is 10.8. The summed E-state index contributed by atoms with van der Waals surface area (Å²) in [5.41, 5.74) is 6.95. The highest BCUT2D eigenvalue weighted by Crippen LogP contribution is 2.07. The predicted octanol–water partition coefficient (Wildman–Crippen LogP) is 1.28. The molecule has 0 radical (unpaired) electrons. The molecule has 1 aromatic carbocycles. The smallest absolute Gasteiger partial charge is 0.168 e. The Bertz CT molecular complexity index is 404. The van der Waals surface area contributed by atoms with E-state index in [0.29, 0.717) is 5.69 Å². The van der Waals surface area contributed by atoms with Crippen molar-refractivity contribution in [2.75, 3.05) is 12.0 Å². The second kappa shape index (κ2) is 3.62. The van der Waals surface area contributed by atoms with E-state index in [1.807, 2.05) is 0 Å². The molecule has 1 rings (SSSR count). The van der Waals surface area contributed by atoms with Gasteiger partial charge in [-0.3, -0.25) is 0 Å². The molecule has 0 aliphatic rings. The van der Waals surface area contributed by atoms with Gasteiger partial charge in [-0.2, -0.15) is 0 Å². The maximum Gasteiger partial charge on any atom is 0.168 e. The average Bonchev–Trinajstić information content (AvgIpc) is 2.02. The van der Waals surface area contributed by atoms with Crippen molar-refractivity contribution in [1.29, 1.82) is 0 Å². The molecule has 0 aliphatic heterocycles. The van der Waals surface area contributed by atoms with E-state index in [0.717, 1.165) is 11.8 Å². The van der Waals surface area contributed by atoms with Crippen molar-refractivity contribution < 1.29 is 8.42 Å². The van der Waals surface area contributed by atoms with E-state index in [1.54, 1.807) is 24.3 Å². The normalized spacial score (nSPS) is 12.1. The molecule has 3 nitrogen and oxygen atoms in total. The average molecular weight is 197 g/mol. The molecule has 0 aromatic heterocycles. The molecular weight excluding hydrogens is 186 g/mol. The Kier molecular flexibility index (Phi) is 2.72. The van der Waals surface area contributed by atoms with Crippen molar-refractivity contribution >= 4 is 21.6 Å². The third-order valence-corrected chi connectivity index (χ3v) is 2.07. The summed E-state index contributed by atoms with van der Waals surface area (Å²) in [6.07, 6.45) is 2.69. The van der Waals surface area contributed by atoms with Crippen molar-refractivity contribution in [2.24, 2.45) is 0 Å². The van der Waals surface area contributed by atoms with Crippen LogP contribution in [-0.4, -0.2) is 14.7 Å². The van der Waals surface area contributed by atoms with E-state index in [2.05, 4.69) is 0 Å². The van der Waals surface area contributed by atoms with Crippen LogP contribution in [-0.2, 0) is 9.84 Å². The SMILES string of the molecule is CS(=O)(=O)/C=C/c1ccc(N)cc1. The standard InChI is InChI=1S/C9H11NO2S/c1-13(11,12)7-6-8-2-4-9(10)5-3-8/h2-7H,10H2,1H3/b7-6+. The van der Waals surface area contributed by atoms with E-state index in [4.69, 9.17) is 5.73 Å². The zero-order chi connectivity index (χ0) is 9.90. The molecule has 0 aliphatic carbocycles. The largest absolute Gasteiger partial charge is 0.399 e. The minimum absolute atomic E-state index is 0.663. The molecule has 2 N–H and O–H groups in total. The van der Waals surface area contributed by atoms with Crippen LogP contribution in [0.5, 0.6) is 0 Å². The second-order valence-corrected chi connectivity index (χ2v) is 4.73. The van der Waals surface area contributed by atoms with Crippen molar-refractivity contribution in [3.63, 3.8) is 0 Å². The fraction of sp³-hybridized carbons (Fsp3) is 0.111. The lowest BCUT2D eigenvalue weighted by molar-refractivity contribution is 0.610. The summed E-state index contributed by atoms with van der Waals surface area (Å²) in [5.74, 6) is 0. The first-order valence-corrected chi connectivity index (χ1v) is 5.66. The highest BCUT2D eigenvalue weighted by Gasteiger charge is 1.93. The third kappa shape index (κ3) is 3.75. The molecule has 0 saturated carbocycles. The molecule has 0 fully saturated rings. The number of hydrogen-bond acceptors (Lipinski definition) is 3. The van der Waals surface area contributed by atoms with Crippen molar-refractivity contribution in [1.82, 2.24) is 0 Å². The van der Waals surface area contributed by atoms with Gasteiger partial charge in [-0.1, -0.05) is 12.1 Å². The number of hydrogen-bond donors (Lipinski definition) is 1. The van der Waals surface area contributed by atoms with Gasteiger partial charge in [0.2, 0.25) is 0 Å². The van der Waals surface area contributed by atoms with Crippen LogP contribution in [0.2, 0.25) is 0 Å². The van der Waals surface area contributed by atoms with Crippen LogP contribution in [0.1, 0.15) is 5.56 Å². The zero-order valence-electron chi connectivity index (χ0n) is 7.27. The summed E-state index contributed by atoms with van der Waals surface area (Å²) >= 11 is 0.